The number of halogens is 2. The molecular weight excluding hydrogens is 234 g/mol. The summed E-state index contributed by atoms with van der Waals surface area (Å²) in [5.74, 6) is -3.65. The van der Waals surface area contributed by atoms with E-state index in [1.165, 1.54) is 7.05 Å². The van der Waals surface area contributed by atoms with Crippen molar-refractivity contribution < 1.29 is 13.6 Å². The van der Waals surface area contributed by atoms with Gasteiger partial charge in [0.2, 0.25) is 5.95 Å². The number of anilines is 1. The molecule has 0 saturated carbocycles. The summed E-state index contributed by atoms with van der Waals surface area (Å²) in [6, 6.07) is 1.05. The van der Waals surface area contributed by atoms with E-state index in [1.54, 1.807) is 0 Å². The first-order valence-corrected chi connectivity index (χ1v) is 4.43. The number of hydrogen-bond acceptors (Lipinski definition) is 5. The van der Waals surface area contributed by atoms with Crippen LogP contribution in [0.5, 0.6) is 0 Å². The van der Waals surface area contributed by atoms with E-state index >= 15 is 0 Å². The summed E-state index contributed by atoms with van der Waals surface area (Å²) in [5, 5.41) is 12.8. The summed E-state index contributed by atoms with van der Waals surface area (Å²) in [6.45, 7) is 0. The molecule has 1 amide bonds. The van der Waals surface area contributed by atoms with Gasteiger partial charge < -0.3 is 0 Å². The number of aryl methyl sites for hydroxylation is 1. The first-order chi connectivity index (χ1) is 8.08. The first kappa shape index (κ1) is 11.0. The molecule has 1 N–H and O–H groups in total. The van der Waals surface area contributed by atoms with Crippen molar-refractivity contribution in [3.05, 3.63) is 29.6 Å². The molecule has 0 fully saturated rings. The fraction of sp³-hybridized carbons (Fsp3) is 0.125. The highest BCUT2D eigenvalue weighted by molar-refractivity contribution is 6.03. The van der Waals surface area contributed by atoms with Crippen molar-refractivity contribution in [1.82, 2.24) is 25.2 Å². The monoisotopic (exact) mass is 240 g/mol. The highest BCUT2D eigenvalue weighted by Gasteiger charge is 2.17. The van der Waals surface area contributed by atoms with E-state index in [0.717, 1.165) is 17.1 Å². The van der Waals surface area contributed by atoms with Gasteiger partial charge in [0.15, 0.2) is 5.82 Å². The molecular formula is C8H6F2N6O. The van der Waals surface area contributed by atoms with Crippen LogP contribution in [0.2, 0.25) is 0 Å². The molecule has 0 aliphatic heterocycles. The minimum absolute atomic E-state index is 0.103. The van der Waals surface area contributed by atoms with Crippen LogP contribution in [0.15, 0.2) is 12.3 Å². The van der Waals surface area contributed by atoms with E-state index in [4.69, 9.17) is 0 Å². The Morgan fingerprint density at radius 1 is 1.47 bits per heavy atom. The topological polar surface area (TPSA) is 85.6 Å². The number of aromatic nitrogens is 5. The molecule has 2 heterocycles. The standard InChI is InChI=1S/C8H6F2N6O/c1-16-14-8(13-15-16)12-7(17)4-2-3-11-6(10)5(4)9/h2-3H,1H3,(H,12,14,17). The summed E-state index contributed by atoms with van der Waals surface area (Å²) >= 11 is 0. The zero-order valence-corrected chi connectivity index (χ0v) is 8.55. The second-order valence-electron chi connectivity index (χ2n) is 3.02. The van der Waals surface area contributed by atoms with E-state index in [-0.39, 0.29) is 5.95 Å². The van der Waals surface area contributed by atoms with Crippen molar-refractivity contribution >= 4 is 11.9 Å². The SMILES string of the molecule is Cn1nnc(NC(=O)c2ccnc(F)c2F)n1. The van der Waals surface area contributed by atoms with Crippen molar-refractivity contribution in [2.75, 3.05) is 5.32 Å². The van der Waals surface area contributed by atoms with E-state index in [1.807, 2.05) is 0 Å². The zero-order valence-electron chi connectivity index (χ0n) is 8.55. The van der Waals surface area contributed by atoms with E-state index < -0.39 is 23.2 Å². The Morgan fingerprint density at radius 2 is 2.24 bits per heavy atom. The summed E-state index contributed by atoms with van der Waals surface area (Å²) in [4.78, 5) is 15.7. The number of tetrazole rings is 1. The number of carbonyl (C=O) groups is 1. The van der Waals surface area contributed by atoms with Gasteiger partial charge >= 0.3 is 0 Å². The maximum atomic E-state index is 13.2. The van der Waals surface area contributed by atoms with Gasteiger partial charge in [-0.15, -0.1) is 5.10 Å². The van der Waals surface area contributed by atoms with Gasteiger partial charge in [-0.3, -0.25) is 10.1 Å². The Balaban J connectivity index is 2.23. The normalized spacial score (nSPS) is 10.3. The molecule has 2 aromatic heterocycles. The molecule has 17 heavy (non-hydrogen) atoms. The van der Waals surface area contributed by atoms with Gasteiger partial charge in [-0.1, -0.05) is 5.10 Å². The molecule has 88 valence electrons. The summed E-state index contributed by atoms with van der Waals surface area (Å²) < 4.78 is 26.0. The average molecular weight is 240 g/mol. The van der Waals surface area contributed by atoms with Gasteiger partial charge in [-0.25, -0.2) is 9.37 Å². The second-order valence-corrected chi connectivity index (χ2v) is 3.02. The van der Waals surface area contributed by atoms with Crippen molar-refractivity contribution in [1.29, 1.82) is 0 Å². The van der Waals surface area contributed by atoms with Gasteiger partial charge in [-0.2, -0.15) is 9.19 Å². The van der Waals surface area contributed by atoms with Crippen LogP contribution in [0.4, 0.5) is 14.7 Å². The molecule has 0 aromatic carbocycles. The van der Waals surface area contributed by atoms with Crippen LogP contribution in [0.3, 0.4) is 0 Å². The molecule has 0 saturated heterocycles. The second kappa shape index (κ2) is 4.20. The molecule has 0 unspecified atom stereocenters. The average Bonchev–Trinajstić information content (AvgIpc) is 2.68. The highest BCUT2D eigenvalue weighted by atomic mass is 19.2. The molecule has 0 bridgehead atoms. The molecule has 9 heteroatoms. The van der Waals surface area contributed by atoms with Crippen LogP contribution in [0, 0.1) is 11.8 Å². The Kier molecular flexibility index (Phi) is 2.73. The number of hydrogen-bond donors (Lipinski definition) is 1. The first-order valence-electron chi connectivity index (χ1n) is 4.43. The number of pyridine rings is 1. The van der Waals surface area contributed by atoms with E-state index in [0.29, 0.717) is 0 Å². The van der Waals surface area contributed by atoms with Gasteiger partial charge in [0.05, 0.1) is 12.6 Å². The van der Waals surface area contributed by atoms with E-state index in [9.17, 15) is 13.6 Å². The van der Waals surface area contributed by atoms with Gasteiger partial charge in [-0.05, 0) is 11.3 Å². The minimum Gasteiger partial charge on any atom is -0.288 e. The van der Waals surface area contributed by atoms with Crippen LogP contribution in [-0.2, 0) is 7.05 Å². The van der Waals surface area contributed by atoms with E-state index in [2.05, 4.69) is 25.7 Å². The lowest BCUT2D eigenvalue weighted by Gasteiger charge is -2.01. The zero-order chi connectivity index (χ0) is 12.4. The summed E-state index contributed by atoms with van der Waals surface area (Å²) in [6.07, 6.45) is 0.984. The Bertz CT molecular complexity index is 569. The molecule has 7 nitrogen and oxygen atoms in total. The van der Waals surface area contributed by atoms with Gasteiger partial charge in [0.25, 0.3) is 11.9 Å². The number of rotatable bonds is 2. The lowest BCUT2D eigenvalue weighted by atomic mass is 10.2. The minimum atomic E-state index is -1.34. The van der Waals surface area contributed by atoms with Crippen LogP contribution >= 0.6 is 0 Å². The molecule has 0 atom stereocenters. The Morgan fingerprint density at radius 3 is 2.88 bits per heavy atom. The third-order valence-electron chi connectivity index (χ3n) is 1.82. The highest BCUT2D eigenvalue weighted by Crippen LogP contribution is 2.10. The molecule has 2 rings (SSSR count). The Hall–Kier alpha value is -2.45. The summed E-state index contributed by atoms with van der Waals surface area (Å²) in [5.41, 5.74) is -0.482. The van der Waals surface area contributed by atoms with Gasteiger partial charge in [0, 0.05) is 6.20 Å². The molecule has 0 aliphatic rings. The third kappa shape index (κ3) is 2.22. The predicted octanol–water partition coefficient (Wildman–Crippen LogP) is 0.136. The quantitative estimate of drug-likeness (QED) is 0.754. The Labute approximate surface area is 93.5 Å². The number of nitrogens with zero attached hydrogens (tertiary/aromatic N) is 5. The van der Waals surface area contributed by atoms with Crippen molar-refractivity contribution in [2.24, 2.45) is 7.05 Å². The van der Waals surface area contributed by atoms with Crippen LogP contribution in [-0.4, -0.2) is 31.1 Å². The number of nitrogens with one attached hydrogen (secondary N) is 1. The maximum absolute atomic E-state index is 13.2. The number of carbonyl (C=O) groups excluding carboxylic acids is 1. The van der Waals surface area contributed by atoms with Crippen LogP contribution in [0.25, 0.3) is 0 Å². The lowest BCUT2D eigenvalue weighted by Crippen LogP contribution is -2.16. The fourth-order valence-electron chi connectivity index (χ4n) is 1.10. The predicted molar refractivity (Wildman–Crippen MR) is 50.9 cm³/mol. The smallest absolute Gasteiger partial charge is 0.270 e. The molecule has 0 spiro atoms. The van der Waals surface area contributed by atoms with Gasteiger partial charge in [0.1, 0.15) is 0 Å². The fourth-order valence-corrected chi connectivity index (χ4v) is 1.10. The van der Waals surface area contributed by atoms with Crippen molar-refractivity contribution in [2.45, 2.75) is 0 Å². The molecule has 2 aromatic rings. The molecule has 0 radical (unpaired) electrons. The maximum Gasteiger partial charge on any atom is 0.270 e. The van der Waals surface area contributed by atoms with Crippen LogP contribution < -0.4 is 5.32 Å². The summed E-state index contributed by atoms with van der Waals surface area (Å²) in [7, 11) is 1.50. The number of amides is 1. The lowest BCUT2D eigenvalue weighted by molar-refractivity contribution is 0.102. The molecule has 0 aliphatic carbocycles. The largest absolute Gasteiger partial charge is 0.288 e. The van der Waals surface area contributed by atoms with Crippen molar-refractivity contribution in [3.63, 3.8) is 0 Å². The third-order valence-corrected chi connectivity index (χ3v) is 1.82. The van der Waals surface area contributed by atoms with Crippen LogP contribution in [0.1, 0.15) is 10.4 Å². The van der Waals surface area contributed by atoms with Crippen molar-refractivity contribution in [3.8, 4) is 0 Å².